The SMILES string of the molecule is CNc1nc(N)nc2c1ncn2C1OC(COP(=O)(O)O)C(O)C1(C)F. The van der Waals surface area contributed by atoms with Crippen molar-refractivity contribution in [2.75, 3.05) is 24.7 Å². The summed E-state index contributed by atoms with van der Waals surface area (Å²) in [5.41, 5.74) is 3.80. The van der Waals surface area contributed by atoms with Crippen LogP contribution in [0.15, 0.2) is 6.33 Å². The molecule has 0 aliphatic carbocycles. The molecule has 6 N–H and O–H groups in total. The van der Waals surface area contributed by atoms with Gasteiger partial charge in [-0.25, -0.2) is 13.9 Å². The molecule has 1 aliphatic heterocycles. The monoisotopic (exact) mass is 392 g/mol. The lowest BCUT2D eigenvalue weighted by atomic mass is 9.98. The number of phosphoric ester groups is 1. The van der Waals surface area contributed by atoms with Crippen LogP contribution < -0.4 is 11.1 Å². The van der Waals surface area contributed by atoms with Crippen molar-refractivity contribution >= 4 is 30.8 Å². The molecule has 2 aromatic heterocycles. The summed E-state index contributed by atoms with van der Waals surface area (Å²) in [5, 5.41) is 13.0. The number of aromatic nitrogens is 4. The number of aliphatic hydroxyl groups is 1. The van der Waals surface area contributed by atoms with E-state index in [2.05, 4.69) is 24.8 Å². The Hall–Kier alpha value is -1.89. The number of hydrogen-bond acceptors (Lipinski definition) is 9. The van der Waals surface area contributed by atoms with Crippen LogP contribution in [-0.2, 0) is 13.8 Å². The number of ether oxygens (including phenoxy) is 1. The van der Waals surface area contributed by atoms with Gasteiger partial charge in [-0.05, 0) is 6.92 Å². The lowest BCUT2D eigenvalue weighted by molar-refractivity contribution is -0.0560. The fraction of sp³-hybridized carbons (Fsp3) is 0.583. The lowest BCUT2D eigenvalue weighted by Crippen LogP contribution is -2.40. The summed E-state index contributed by atoms with van der Waals surface area (Å²) in [5.74, 6) is 0.246. The number of anilines is 2. The zero-order valence-corrected chi connectivity index (χ0v) is 14.7. The maximum absolute atomic E-state index is 15.1. The molecule has 14 heteroatoms. The molecule has 1 aliphatic rings. The third-order valence-electron chi connectivity index (χ3n) is 4.05. The number of phosphoric acid groups is 1. The molecule has 3 heterocycles. The van der Waals surface area contributed by atoms with Crippen LogP contribution >= 0.6 is 7.82 Å². The van der Waals surface area contributed by atoms with Gasteiger partial charge in [-0.2, -0.15) is 9.97 Å². The van der Waals surface area contributed by atoms with E-state index in [4.69, 9.17) is 20.3 Å². The summed E-state index contributed by atoms with van der Waals surface area (Å²) in [7, 11) is -3.20. The number of nitrogens with one attached hydrogen (secondary N) is 1. The van der Waals surface area contributed by atoms with E-state index in [0.29, 0.717) is 11.3 Å². The van der Waals surface area contributed by atoms with E-state index in [1.807, 2.05) is 0 Å². The van der Waals surface area contributed by atoms with Crippen LogP contribution in [0.2, 0.25) is 0 Å². The Bertz CT molecular complexity index is 871. The van der Waals surface area contributed by atoms with Crippen LogP contribution in [0.1, 0.15) is 13.2 Å². The van der Waals surface area contributed by atoms with Gasteiger partial charge in [0.2, 0.25) is 5.95 Å². The van der Waals surface area contributed by atoms with Crippen molar-refractivity contribution in [2.24, 2.45) is 0 Å². The Labute approximate surface area is 146 Å². The zero-order chi connectivity index (χ0) is 19.3. The van der Waals surface area contributed by atoms with E-state index in [1.165, 1.54) is 10.9 Å². The molecule has 1 saturated heterocycles. The van der Waals surface area contributed by atoms with Crippen LogP contribution in [0.5, 0.6) is 0 Å². The lowest BCUT2D eigenvalue weighted by Gasteiger charge is -2.24. The fourth-order valence-corrected chi connectivity index (χ4v) is 3.14. The smallest absolute Gasteiger partial charge is 0.387 e. The second kappa shape index (κ2) is 6.37. The number of nitrogen functional groups attached to an aromatic ring is 1. The van der Waals surface area contributed by atoms with E-state index in [9.17, 15) is 9.67 Å². The number of nitrogens with two attached hydrogens (primary N) is 1. The summed E-state index contributed by atoms with van der Waals surface area (Å²) in [6.07, 6.45) is -3.16. The summed E-state index contributed by atoms with van der Waals surface area (Å²) < 4.78 is 37.0. The van der Waals surface area contributed by atoms with Gasteiger partial charge < -0.3 is 30.7 Å². The molecule has 3 rings (SSSR count). The molecule has 144 valence electrons. The number of alkyl halides is 1. The molecule has 26 heavy (non-hydrogen) atoms. The summed E-state index contributed by atoms with van der Waals surface area (Å²) in [4.78, 5) is 29.7. The first-order chi connectivity index (χ1) is 12.0. The molecule has 4 atom stereocenters. The van der Waals surface area contributed by atoms with Gasteiger partial charge in [0.15, 0.2) is 28.9 Å². The van der Waals surface area contributed by atoms with Crippen molar-refractivity contribution in [2.45, 2.75) is 31.0 Å². The van der Waals surface area contributed by atoms with Crippen molar-refractivity contribution in [1.82, 2.24) is 19.5 Å². The first-order valence-electron chi connectivity index (χ1n) is 7.45. The van der Waals surface area contributed by atoms with Crippen LogP contribution in [0.25, 0.3) is 11.2 Å². The summed E-state index contributed by atoms with van der Waals surface area (Å²) >= 11 is 0. The number of nitrogens with zero attached hydrogens (tertiary/aromatic N) is 4. The quantitative estimate of drug-likeness (QED) is 0.416. The summed E-state index contributed by atoms with van der Waals surface area (Å²) in [6.45, 7) is 0.391. The highest BCUT2D eigenvalue weighted by atomic mass is 31.2. The van der Waals surface area contributed by atoms with Crippen molar-refractivity contribution < 1.29 is 33.1 Å². The molecule has 0 spiro atoms. The molecular formula is C12H18FN6O6P. The average Bonchev–Trinajstić information content (AvgIpc) is 3.04. The fourth-order valence-electron chi connectivity index (χ4n) is 2.80. The molecule has 0 amide bonds. The second-order valence-corrected chi connectivity index (χ2v) is 7.15. The third kappa shape index (κ3) is 3.24. The Balaban J connectivity index is 1.97. The molecule has 12 nitrogen and oxygen atoms in total. The zero-order valence-electron chi connectivity index (χ0n) is 13.8. The Morgan fingerprint density at radius 1 is 1.54 bits per heavy atom. The molecule has 0 bridgehead atoms. The predicted octanol–water partition coefficient (Wildman–Crippen LogP) is -0.454. The van der Waals surface area contributed by atoms with E-state index < -0.39 is 38.5 Å². The van der Waals surface area contributed by atoms with Crippen molar-refractivity contribution in [3.8, 4) is 0 Å². The highest BCUT2D eigenvalue weighted by Gasteiger charge is 2.55. The normalized spacial score (nSPS) is 29.4. The minimum atomic E-state index is -4.80. The van der Waals surface area contributed by atoms with E-state index in [-0.39, 0.29) is 11.6 Å². The minimum absolute atomic E-state index is 0.0795. The van der Waals surface area contributed by atoms with Gasteiger partial charge in [-0.3, -0.25) is 9.09 Å². The number of aliphatic hydroxyl groups excluding tert-OH is 1. The predicted molar refractivity (Wildman–Crippen MR) is 86.7 cm³/mol. The maximum Gasteiger partial charge on any atom is 0.469 e. The van der Waals surface area contributed by atoms with E-state index >= 15 is 4.39 Å². The molecular weight excluding hydrogens is 374 g/mol. The van der Waals surface area contributed by atoms with E-state index in [0.717, 1.165) is 6.92 Å². The molecule has 4 unspecified atom stereocenters. The van der Waals surface area contributed by atoms with E-state index in [1.54, 1.807) is 7.05 Å². The van der Waals surface area contributed by atoms with Gasteiger partial charge in [0.05, 0.1) is 12.9 Å². The largest absolute Gasteiger partial charge is 0.469 e. The van der Waals surface area contributed by atoms with Gasteiger partial charge in [0, 0.05) is 7.05 Å². The minimum Gasteiger partial charge on any atom is -0.387 e. The number of rotatable bonds is 5. The first-order valence-corrected chi connectivity index (χ1v) is 8.98. The first kappa shape index (κ1) is 18.9. The second-order valence-electron chi connectivity index (χ2n) is 5.91. The van der Waals surface area contributed by atoms with Crippen molar-refractivity contribution in [1.29, 1.82) is 0 Å². The van der Waals surface area contributed by atoms with Gasteiger partial charge in [-0.1, -0.05) is 0 Å². The van der Waals surface area contributed by atoms with Gasteiger partial charge >= 0.3 is 7.82 Å². The number of halogens is 1. The van der Waals surface area contributed by atoms with Gasteiger partial charge in [0.25, 0.3) is 0 Å². The number of hydrogen-bond donors (Lipinski definition) is 5. The third-order valence-corrected chi connectivity index (χ3v) is 4.54. The highest BCUT2D eigenvalue weighted by Crippen LogP contribution is 2.44. The Kier molecular flexibility index (Phi) is 4.63. The Morgan fingerprint density at radius 3 is 2.85 bits per heavy atom. The average molecular weight is 392 g/mol. The molecule has 0 radical (unpaired) electrons. The van der Waals surface area contributed by atoms with Crippen LogP contribution in [-0.4, -0.2) is 65.9 Å². The molecule has 0 saturated carbocycles. The highest BCUT2D eigenvalue weighted by molar-refractivity contribution is 7.46. The number of fused-ring (bicyclic) bond motifs is 1. The standard InChI is InChI=1S/C12H18FN6O6P/c1-12(13)7(20)5(3-24-26(21,22)23)25-10(12)19-4-16-6-8(15-2)17-11(14)18-9(6)19/h4-5,7,10,20H,3H2,1-2H3,(H2,21,22,23)(H3,14,15,17,18). The van der Waals surface area contributed by atoms with Crippen molar-refractivity contribution in [3.05, 3.63) is 6.33 Å². The Morgan fingerprint density at radius 2 is 2.23 bits per heavy atom. The molecule has 2 aromatic rings. The topological polar surface area (TPSA) is 178 Å². The van der Waals surface area contributed by atoms with Crippen LogP contribution in [0.3, 0.4) is 0 Å². The van der Waals surface area contributed by atoms with Crippen LogP contribution in [0.4, 0.5) is 16.2 Å². The van der Waals surface area contributed by atoms with Gasteiger partial charge in [-0.15, -0.1) is 0 Å². The van der Waals surface area contributed by atoms with Crippen molar-refractivity contribution in [3.63, 3.8) is 0 Å². The molecule has 0 aromatic carbocycles. The van der Waals surface area contributed by atoms with Crippen LogP contribution in [0, 0.1) is 0 Å². The maximum atomic E-state index is 15.1. The van der Waals surface area contributed by atoms with Gasteiger partial charge in [0.1, 0.15) is 12.2 Å². The molecule has 1 fully saturated rings. The number of imidazole rings is 1. The summed E-state index contributed by atoms with van der Waals surface area (Å²) in [6, 6.07) is 0.